The van der Waals surface area contributed by atoms with Crippen LogP contribution in [0.3, 0.4) is 0 Å². The minimum absolute atomic E-state index is 0.197. The van der Waals surface area contributed by atoms with Gasteiger partial charge in [-0.25, -0.2) is 0 Å². The predicted molar refractivity (Wildman–Crippen MR) is 70.9 cm³/mol. The Morgan fingerprint density at radius 3 is 2.76 bits per heavy atom. The van der Waals surface area contributed by atoms with Crippen LogP contribution in [-0.4, -0.2) is 5.75 Å². The highest BCUT2D eigenvalue weighted by Crippen LogP contribution is 2.25. The molecule has 0 amide bonds. The number of thioether (sulfide) groups is 1. The summed E-state index contributed by atoms with van der Waals surface area (Å²) in [5.41, 5.74) is 0.197. The van der Waals surface area contributed by atoms with E-state index < -0.39 is 0 Å². The van der Waals surface area contributed by atoms with Crippen LogP contribution in [0.1, 0.15) is 0 Å². The maximum atomic E-state index is 8.86. The summed E-state index contributed by atoms with van der Waals surface area (Å²) in [6.07, 6.45) is 2.21. The Balaban J connectivity index is 2.40. The SMILES string of the molecule is N#CC(C#N)=c1cc2cc3c(cc2s1)=CCS3. The molecular formula is C13H6N2S2. The van der Waals surface area contributed by atoms with Crippen molar-refractivity contribution in [1.29, 1.82) is 10.5 Å². The Bertz CT molecular complexity index is 800. The number of rotatable bonds is 0. The zero-order valence-electron chi connectivity index (χ0n) is 8.73. The molecule has 17 heavy (non-hydrogen) atoms. The smallest absolute Gasteiger partial charge is 0.146 e. The van der Waals surface area contributed by atoms with Crippen LogP contribution < -0.4 is 9.75 Å². The fourth-order valence-corrected chi connectivity index (χ4v) is 3.85. The number of thiophene rings is 1. The Kier molecular flexibility index (Phi) is 2.40. The largest absolute Gasteiger partial charge is 0.192 e. The van der Waals surface area contributed by atoms with Crippen LogP contribution in [0.15, 0.2) is 23.1 Å². The molecule has 0 spiro atoms. The molecule has 0 atom stereocenters. The monoisotopic (exact) mass is 254 g/mol. The first-order valence-electron chi connectivity index (χ1n) is 5.03. The van der Waals surface area contributed by atoms with Gasteiger partial charge in [-0.3, -0.25) is 0 Å². The Morgan fingerprint density at radius 2 is 2.00 bits per heavy atom. The van der Waals surface area contributed by atoms with E-state index in [0.29, 0.717) is 0 Å². The molecule has 3 rings (SSSR count). The van der Waals surface area contributed by atoms with Gasteiger partial charge in [0.15, 0.2) is 0 Å². The van der Waals surface area contributed by atoms with E-state index in [9.17, 15) is 0 Å². The van der Waals surface area contributed by atoms with Crippen LogP contribution in [0, 0.1) is 22.7 Å². The Labute approximate surface area is 106 Å². The van der Waals surface area contributed by atoms with E-state index in [1.165, 1.54) is 21.5 Å². The summed E-state index contributed by atoms with van der Waals surface area (Å²) in [4.78, 5) is 1.29. The molecule has 0 N–H and O–H groups in total. The van der Waals surface area contributed by atoms with Crippen LogP contribution in [0.5, 0.6) is 0 Å². The van der Waals surface area contributed by atoms with E-state index in [2.05, 4.69) is 18.2 Å². The zero-order valence-corrected chi connectivity index (χ0v) is 10.4. The average molecular weight is 254 g/mol. The Hall–Kier alpha value is -1.75. The second kappa shape index (κ2) is 3.92. The number of nitrogens with zero attached hydrogens (tertiary/aromatic N) is 2. The molecule has 1 aliphatic rings. The van der Waals surface area contributed by atoms with E-state index in [1.54, 1.807) is 0 Å². The molecule has 0 radical (unpaired) electrons. The summed E-state index contributed by atoms with van der Waals surface area (Å²) in [6.45, 7) is 0. The van der Waals surface area contributed by atoms with Crippen molar-refractivity contribution in [1.82, 2.24) is 0 Å². The van der Waals surface area contributed by atoms with Crippen molar-refractivity contribution in [3.05, 3.63) is 28.0 Å². The lowest BCUT2D eigenvalue weighted by Gasteiger charge is -1.93. The summed E-state index contributed by atoms with van der Waals surface area (Å²) in [5.74, 6) is 1.03. The van der Waals surface area contributed by atoms with Gasteiger partial charge in [0.05, 0.1) is 4.53 Å². The summed E-state index contributed by atoms with van der Waals surface area (Å²) < 4.78 is 1.90. The molecule has 2 heterocycles. The molecule has 0 unspecified atom stereocenters. The van der Waals surface area contributed by atoms with Crippen LogP contribution in [0.2, 0.25) is 0 Å². The van der Waals surface area contributed by atoms with Gasteiger partial charge in [-0.2, -0.15) is 10.5 Å². The van der Waals surface area contributed by atoms with Gasteiger partial charge in [0.25, 0.3) is 0 Å². The molecule has 1 aliphatic heterocycles. The van der Waals surface area contributed by atoms with Crippen molar-refractivity contribution in [2.45, 2.75) is 4.90 Å². The number of fused-ring (bicyclic) bond motifs is 2. The molecule has 2 nitrogen and oxygen atoms in total. The molecule has 0 bridgehead atoms. The second-order valence-electron chi connectivity index (χ2n) is 3.65. The molecule has 2 aromatic rings. The first kappa shape index (κ1) is 10.4. The summed E-state index contributed by atoms with van der Waals surface area (Å²) in [7, 11) is 0. The lowest BCUT2D eigenvalue weighted by molar-refractivity contribution is 1.45. The lowest BCUT2D eigenvalue weighted by atomic mass is 10.2. The molecule has 80 valence electrons. The quantitative estimate of drug-likeness (QED) is 0.722. The molecule has 0 aliphatic carbocycles. The molecule has 4 heteroatoms. The van der Waals surface area contributed by atoms with Gasteiger partial charge in [0.1, 0.15) is 17.7 Å². The van der Waals surface area contributed by atoms with Gasteiger partial charge in [-0.05, 0) is 28.8 Å². The average Bonchev–Trinajstić information content (AvgIpc) is 2.92. The van der Waals surface area contributed by atoms with E-state index in [0.717, 1.165) is 20.4 Å². The first-order chi connectivity index (χ1) is 8.31. The predicted octanol–water partition coefficient (Wildman–Crippen LogP) is 1.99. The van der Waals surface area contributed by atoms with Crippen LogP contribution in [0.4, 0.5) is 0 Å². The fourth-order valence-electron chi connectivity index (χ4n) is 1.85. The standard InChI is InChI=1S/C13H6N2S2/c14-6-10(7-15)13-5-9-4-11-8(1-2-16-11)3-12(9)17-13/h1,3-5H,2H2. The number of hydrogen-bond donors (Lipinski definition) is 0. The molecule has 1 aromatic heterocycles. The van der Waals surface area contributed by atoms with Crippen LogP contribution in [-0.2, 0) is 0 Å². The minimum Gasteiger partial charge on any atom is -0.192 e. The third-order valence-corrected chi connectivity index (χ3v) is 4.77. The van der Waals surface area contributed by atoms with Crippen molar-refractivity contribution in [2.24, 2.45) is 0 Å². The summed E-state index contributed by atoms with van der Waals surface area (Å²) in [6, 6.07) is 10.1. The molecule has 1 aromatic carbocycles. The summed E-state index contributed by atoms with van der Waals surface area (Å²) >= 11 is 3.33. The maximum Gasteiger partial charge on any atom is 0.146 e. The topological polar surface area (TPSA) is 47.6 Å². The van der Waals surface area contributed by atoms with E-state index in [4.69, 9.17) is 10.5 Å². The number of benzene rings is 1. The third kappa shape index (κ3) is 1.63. The van der Waals surface area contributed by atoms with Crippen molar-refractivity contribution in [3.63, 3.8) is 0 Å². The lowest BCUT2D eigenvalue weighted by Crippen LogP contribution is -1.97. The van der Waals surface area contributed by atoms with E-state index in [-0.39, 0.29) is 5.57 Å². The highest BCUT2D eigenvalue weighted by molar-refractivity contribution is 7.99. The molecule has 0 fully saturated rings. The van der Waals surface area contributed by atoms with Gasteiger partial charge in [0.2, 0.25) is 0 Å². The van der Waals surface area contributed by atoms with Gasteiger partial charge in [-0.15, -0.1) is 23.1 Å². The summed E-state index contributed by atoms with van der Waals surface area (Å²) in [5, 5.41) is 20.1. The molecular weight excluding hydrogens is 248 g/mol. The normalized spacial score (nSPS) is 12.6. The zero-order chi connectivity index (χ0) is 11.8. The van der Waals surface area contributed by atoms with Crippen molar-refractivity contribution < 1.29 is 0 Å². The van der Waals surface area contributed by atoms with Gasteiger partial charge in [-0.1, -0.05) is 6.08 Å². The van der Waals surface area contributed by atoms with E-state index >= 15 is 0 Å². The van der Waals surface area contributed by atoms with Gasteiger partial charge < -0.3 is 0 Å². The van der Waals surface area contributed by atoms with Crippen LogP contribution >= 0.6 is 23.1 Å². The van der Waals surface area contributed by atoms with Crippen molar-refractivity contribution in [2.75, 3.05) is 5.75 Å². The van der Waals surface area contributed by atoms with Crippen molar-refractivity contribution >= 4 is 44.8 Å². The minimum atomic E-state index is 0.197. The third-order valence-electron chi connectivity index (χ3n) is 2.66. The molecule has 0 saturated heterocycles. The highest BCUT2D eigenvalue weighted by atomic mass is 32.2. The second-order valence-corrected chi connectivity index (χ2v) is 5.80. The number of nitriles is 2. The van der Waals surface area contributed by atoms with Gasteiger partial charge >= 0.3 is 0 Å². The van der Waals surface area contributed by atoms with Crippen molar-refractivity contribution in [3.8, 4) is 12.1 Å². The first-order valence-corrected chi connectivity index (χ1v) is 6.83. The van der Waals surface area contributed by atoms with Crippen LogP contribution in [0.25, 0.3) is 21.7 Å². The fraction of sp³-hybridized carbons (Fsp3) is 0.0769. The highest BCUT2D eigenvalue weighted by Gasteiger charge is 2.07. The number of hydrogen-bond acceptors (Lipinski definition) is 4. The van der Waals surface area contributed by atoms with Gasteiger partial charge in [0, 0.05) is 15.3 Å². The Morgan fingerprint density at radius 1 is 1.18 bits per heavy atom. The molecule has 0 saturated carbocycles. The maximum absolute atomic E-state index is 8.86. The van der Waals surface area contributed by atoms with E-state index in [1.807, 2.05) is 30.0 Å².